The summed E-state index contributed by atoms with van der Waals surface area (Å²) in [6.45, 7) is -0.433. The highest BCUT2D eigenvalue weighted by atomic mass is 35.5. The molecule has 0 atom stereocenters. The Morgan fingerprint density at radius 3 is 2.44 bits per heavy atom. The Labute approximate surface area is 162 Å². The number of hydrogen-bond acceptors (Lipinski definition) is 3. The van der Waals surface area contributed by atoms with Crippen LogP contribution in [0.4, 0.5) is 13.2 Å². The Kier molecular flexibility index (Phi) is 6.81. The molecule has 0 heterocycles. The normalized spacial score (nSPS) is 11.4. The van der Waals surface area contributed by atoms with Crippen LogP contribution < -0.4 is 10.7 Å². The van der Waals surface area contributed by atoms with Gasteiger partial charge in [-0.15, -0.1) is 0 Å². The van der Waals surface area contributed by atoms with E-state index in [2.05, 4.69) is 10.4 Å². The molecule has 0 saturated heterocycles. The summed E-state index contributed by atoms with van der Waals surface area (Å²) in [4.78, 5) is 23.6. The van der Waals surface area contributed by atoms with Crippen molar-refractivity contribution in [2.45, 2.75) is 6.18 Å². The zero-order valence-electron chi connectivity index (χ0n) is 13.5. The largest absolute Gasteiger partial charge is 0.417 e. The number of nitrogens with zero attached hydrogens (tertiary/aromatic N) is 1. The second-order valence-corrected chi connectivity index (χ2v) is 6.00. The number of alkyl halides is 3. The first-order chi connectivity index (χ1) is 12.7. The maximum atomic E-state index is 12.8. The number of benzene rings is 2. The Hall–Kier alpha value is -2.58. The second kappa shape index (κ2) is 8.88. The molecule has 27 heavy (non-hydrogen) atoms. The van der Waals surface area contributed by atoms with Crippen LogP contribution in [-0.4, -0.2) is 24.6 Å². The first-order valence-electron chi connectivity index (χ1n) is 7.40. The molecule has 0 radical (unpaired) electrons. The van der Waals surface area contributed by atoms with E-state index in [1.54, 1.807) is 0 Å². The summed E-state index contributed by atoms with van der Waals surface area (Å²) in [5, 5.41) is 6.26. The second-order valence-electron chi connectivity index (χ2n) is 5.19. The van der Waals surface area contributed by atoms with Crippen molar-refractivity contribution in [3.8, 4) is 0 Å². The summed E-state index contributed by atoms with van der Waals surface area (Å²) >= 11 is 11.5. The van der Waals surface area contributed by atoms with Crippen LogP contribution in [0.2, 0.25) is 10.0 Å². The van der Waals surface area contributed by atoms with Crippen LogP contribution in [0.25, 0.3) is 0 Å². The lowest BCUT2D eigenvalue weighted by Crippen LogP contribution is -2.34. The van der Waals surface area contributed by atoms with Gasteiger partial charge in [0, 0.05) is 11.1 Å². The monoisotopic (exact) mass is 417 g/mol. The van der Waals surface area contributed by atoms with Crippen LogP contribution >= 0.6 is 23.2 Å². The molecule has 0 aliphatic carbocycles. The summed E-state index contributed by atoms with van der Waals surface area (Å²) in [7, 11) is 0. The Morgan fingerprint density at radius 2 is 1.78 bits per heavy atom. The summed E-state index contributed by atoms with van der Waals surface area (Å²) in [5.74, 6) is -1.29. The Balaban J connectivity index is 1.90. The molecule has 2 N–H and O–H groups in total. The maximum absolute atomic E-state index is 12.8. The lowest BCUT2D eigenvalue weighted by molar-refractivity contribution is -0.137. The van der Waals surface area contributed by atoms with E-state index >= 15 is 0 Å². The SMILES string of the molecule is O=C(CNC(=O)c1ccc(Cl)c(Cl)c1)N/N=C\c1ccccc1C(F)(F)F. The van der Waals surface area contributed by atoms with Crippen molar-refractivity contribution in [1.29, 1.82) is 0 Å². The maximum Gasteiger partial charge on any atom is 0.417 e. The fourth-order valence-corrected chi connectivity index (χ4v) is 2.28. The Morgan fingerprint density at radius 1 is 1.07 bits per heavy atom. The molecule has 0 aliphatic rings. The minimum atomic E-state index is -4.54. The van der Waals surface area contributed by atoms with Crippen molar-refractivity contribution in [1.82, 2.24) is 10.7 Å². The van der Waals surface area contributed by atoms with Gasteiger partial charge in [0.1, 0.15) is 0 Å². The summed E-state index contributed by atoms with van der Waals surface area (Å²) in [5.41, 5.74) is 1.15. The van der Waals surface area contributed by atoms with Gasteiger partial charge < -0.3 is 5.32 Å². The van der Waals surface area contributed by atoms with E-state index in [9.17, 15) is 22.8 Å². The van der Waals surface area contributed by atoms with Crippen molar-refractivity contribution < 1.29 is 22.8 Å². The molecule has 0 unspecified atom stereocenters. The van der Waals surface area contributed by atoms with Crippen molar-refractivity contribution >= 4 is 41.2 Å². The Bertz CT molecular complexity index is 886. The molecular weight excluding hydrogens is 406 g/mol. The van der Waals surface area contributed by atoms with Crippen LogP contribution in [-0.2, 0) is 11.0 Å². The average molecular weight is 418 g/mol. The van der Waals surface area contributed by atoms with E-state index < -0.39 is 30.1 Å². The predicted octanol–water partition coefficient (Wildman–Crippen LogP) is 3.89. The van der Waals surface area contributed by atoms with E-state index in [4.69, 9.17) is 23.2 Å². The minimum absolute atomic E-state index is 0.182. The van der Waals surface area contributed by atoms with Gasteiger partial charge in [0.25, 0.3) is 11.8 Å². The lowest BCUT2D eigenvalue weighted by atomic mass is 10.1. The highest BCUT2D eigenvalue weighted by molar-refractivity contribution is 6.42. The highest BCUT2D eigenvalue weighted by Gasteiger charge is 2.32. The van der Waals surface area contributed by atoms with Gasteiger partial charge in [-0.25, -0.2) is 5.43 Å². The molecule has 2 amide bonds. The molecule has 0 spiro atoms. The zero-order chi connectivity index (χ0) is 20.0. The standard InChI is InChI=1S/C17H12Cl2F3N3O2/c18-13-6-5-10(7-14(13)19)16(27)23-9-15(26)25-24-8-11-3-1-2-4-12(11)17(20,21)22/h1-8H,9H2,(H,23,27)(H,25,26)/b24-8-. The molecule has 2 aromatic rings. The zero-order valence-corrected chi connectivity index (χ0v) is 15.0. The molecule has 0 bridgehead atoms. The molecular formula is C17H12Cl2F3N3O2. The average Bonchev–Trinajstić information content (AvgIpc) is 2.61. The van der Waals surface area contributed by atoms with Crippen LogP contribution in [0.5, 0.6) is 0 Å². The van der Waals surface area contributed by atoms with Gasteiger partial charge in [-0.05, 0) is 24.3 Å². The molecule has 142 valence electrons. The van der Waals surface area contributed by atoms with Gasteiger partial charge in [-0.2, -0.15) is 18.3 Å². The van der Waals surface area contributed by atoms with Crippen LogP contribution in [0.15, 0.2) is 47.6 Å². The lowest BCUT2D eigenvalue weighted by Gasteiger charge is -2.09. The van der Waals surface area contributed by atoms with Gasteiger partial charge in [-0.1, -0.05) is 41.4 Å². The fraction of sp³-hybridized carbons (Fsp3) is 0.118. The highest BCUT2D eigenvalue weighted by Crippen LogP contribution is 2.31. The quantitative estimate of drug-likeness (QED) is 0.572. The number of rotatable bonds is 5. The van der Waals surface area contributed by atoms with E-state index in [0.717, 1.165) is 12.3 Å². The van der Waals surface area contributed by atoms with Crippen LogP contribution in [0.1, 0.15) is 21.5 Å². The third kappa shape index (κ3) is 5.97. The van der Waals surface area contributed by atoms with Crippen molar-refractivity contribution in [3.05, 3.63) is 69.2 Å². The number of amides is 2. The smallest absolute Gasteiger partial charge is 0.343 e. The van der Waals surface area contributed by atoms with Crippen molar-refractivity contribution in [2.24, 2.45) is 5.10 Å². The molecule has 0 aromatic heterocycles. The number of hydrogen-bond donors (Lipinski definition) is 2. The molecule has 5 nitrogen and oxygen atoms in total. The van der Waals surface area contributed by atoms with Crippen molar-refractivity contribution in [2.75, 3.05) is 6.54 Å². The van der Waals surface area contributed by atoms with Gasteiger partial charge >= 0.3 is 6.18 Å². The van der Waals surface area contributed by atoms with Crippen LogP contribution in [0.3, 0.4) is 0 Å². The summed E-state index contributed by atoms with van der Waals surface area (Å²) in [6.07, 6.45) is -3.66. The van der Waals surface area contributed by atoms with Crippen molar-refractivity contribution in [3.63, 3.8) is 0 Å². The van der Waals surface area contributed by atoms with Crippen LogP contribution in [0, 0.1) is 0 Å². The van der Waals surface area contributed by atoms with E-state index in [0.29, 0.717) is 0 Å². The molecule has 0 fully saturated rings. The van der Waals surface area contributed by atoms with Gasteiger partial charge in [0.2, 0.25) is 0 Å². The predicted molar refractivity (Wildman–Crippen MR) is 96.0 cm³/mol. The van der Waals surface area contributed by atoms with Gasteiger partial charge in [-0.3, -0.25) is 9.59 Å². The fourth-order valence-electron chi connectivity index (χ4n) is 1.98. The number of nitrogens with one attached hydrogen (secondary N) is 2. The molecule has 0 aliphatic heterocycles. The number of carbonyl (C=O) groups excluding carboxylic acids is 2. The number of halogens is 5. The molecule has 10 heteroatoms. The van der Waals surface area contributed by atoms with E-state index in [-0.39, 0.29) is 21.2 Å². The first kappa shape index (κ1) is 20.7. The number of carbonyl (C=O) groups is 2. The topological polar surface area (TPSA) is 70.6 Å². The molecule has 0 saturated carbocycles. The molecule has 2 rings (SSSR count). The third-order valence-corrected chi connectivity index (χ3v) is 3.99. The summed E-state index contributed by atoms with van der Waals surface area (Å²) in [6, 6.07) is 8.97. The third-order valence-electron chi connectivity index (χ3n) is 3.25. The summed E-state index contributed by atoms with van der Waals surface area (Å²) < 4.78 is 38.5. The van der Waals surface area contributed by atoms with Gasteiger partial charge in [0.05, 0.1) is 28.4 Å². The van der Waals surface area contributed by atoms with E-state index in [1.165, 1.54) is 36.4 Å². The van der Waals surface area contributed by atoms with E-state index in [1.807, 2.05) is 5.43 Å². The molecule has 2 aromatic carbocycles. The minimum Gasteiger partial charge on any atom is -0.343 e. The number of hydrazone groups is 1. The van der Waals surface area contributed by atoms with Gasteiger partial charge in [0.15, 0.2) is 0 Å². The first-order valence-corrected chi connectivity index (χ1v) is 8.15.